The molecule has 1 aromatic heterocycles. The molecule has 0 radical (unpaired) electrons. The Kier molecular flexibility index (Phi) is 12.1. The van der Waals surface area contributed by atoms with Crippen LogP contribution in [0.4, 0.5) is 0 Å². The van der Waals surface area contributed by atoms with Gasteiger partial charge in [-0.25, -0.2) is 4.98 Å². The Morgan fingerprint density at radius 2 is 1.49 bits per heavy atom. The number of ketones is 1. The highest BCUT2D eigenvalue weighted by atomic mass is 32.1. The lowest BCUT2D eigenvalue weighted by Gasteiger charge is -2.25. The summed E-state index contributed by atoms with van der Waals surface area (Å²) in [6, 6.07) is 13.1. The smallest absolute Gasteiger partial charge is 0.243 e. The summed E-state index contributed by atoms with van der Waals surface area (Å²) in [5, 5.41) is 8.21. The van der Waals surface area contributed by atoms with Crippen molar-refractivity contribution in [2.24, 2.45) is 22.2 Å². The maximum Gasteiger partial charge on any atom is 0.243 e. The number of aliphatic imine (C=N–C) groups is 1. The van der Waals surface area contributed by atoms with E-state index in [2.05, 4.69) is 25.9 Å². The highest BCUT2D eigenvalue weighted by Gasteiger charge is 2.31. The molecule has 2 aromatic carbocycles. The third kappa shape index (κ3) is 10.5. The molecule has 0 saturated heterocycles. The fraction of sp³-hybridized carbons (Fsp3) is 0.345. The second-order valence-electron chi connectivity index (χ2n) is 9.87. The fourth-order valence-corrected chi connectivity index (χ4v) is 5.26. The van der Waals surface area contributed by atoms with Crippen molar-refractivity contribution in [1.82, 2.24) is 20.9 Å². The van der Waals surface area contributed by atoms with Gasteiger partial charge in [0, 0.05) is 26.3 Å². The van der Waals surface area contributed by atoms with E-state index in [-0.39, 0.29) is 49.0 Å². The Morgan fingerprint density at radius 3 is 2.14 bits per heavy atom. The van der Waals surface area contributed by atoms with E-state index in [4.69, 9.17) is 17.2 Å². The molecule has 0 bridgehead atoms. The van der Waals surface area contributed by atoms with Crippen LogP contribution in [-0.4, -0.2) is 65.0 Å². The third-order valence-corrected chi connectivity index (χ3v) is 7.42. The van der Waals surface area contributed by atoms with E-state index in [0.29, 0.717) is 11.9 Å². The molecule has 3 rings (SSSR count). The first kappa shape index (κ1) is 32.7. The molecule has 9 N–H and O–H groups in total. The van der Waals surface area contributed by atoms with Crippen LogP contribution in [0.1, 0.15) is 48.0 Å². The number of nitrogens with two attached hydrogens (primary N) is 3. The molecular weight excluding hydrogens is 572 g/mol. The molecule has 0 fully saturated rings. The number of thiazole rings is 1. The number of amides is 4. The molecule has 0 saturated carbocycles. The van der Waals surface area contributed by atoms with Crippen molar-refractivity contribution in [2.45, 2.75) is 57.2 Å². The van der Waals surface area contributed by atoms with Gasteiger partial charge in [-0.1, -0.05) is 42.5 Å². The quantitative estimate of drug-likeness (QED) is 0.0580. The number of hydrogen-bond acceptors (Lipinski definition) is 8. The summed E-state index contributed by atoms with van der Waals surface area (Å²) < 4.78 is 0.825. The van der Waals surface area contributed by atoms with E-state index < -0.39 is 41.8 Å². The van der Waals surface area contributed by atoms with Gasteiger partial charge < -0.3 is 33.2 Å². The lowest BCUT2D eigenvalue weighted by atomic mass is 10.0. The van der Waals surface area contributed by atoms with E-state index in [1.54, 1.807) is 30.3 Å². The first-order valence-electron chi connectivity index (χ1n) is 13.7. The summed E-state index contributed by atoms with van der Waals surface area (Å²) >= 11 is 1.22. The zero-order valence-electron chi connectivity index (χ0n) is 23.7. The number of nitrogens with zero attached hydrogens (tertiary/aromatic N) is 2. The number of aromatic nitrogens is 1. The predicted octanol–water partition coefficient (Wildman–Crippen LogP) is 0.515. The van der Waals surface area contributed by atoms with Crippen LogP contribution < -0.4 is 33.2 Å². The minimum absolute atomic E-state index is 0.0517. The van der Waals surface area contributed by atoms with Crippen molar-refractivity contribution in [3.63, 3.8) is 0 Å². The zero-order valence-corrected chi connectivity index (χ0v) is 24.6. The summed E-state index contributed by atoms with van der Waals surface area (Å²) in [5.41, 5.74) is 17.5. The molecule has 0 aliphatic carbocycles. The van der Waals surface area contributed by atoms with Gasteiger partial charge in [-0.15, -0.1) is 11.3 Å². The first-order valence-corrected chi connectivity index (χ1v) is 14.5. The third-order valence-electron chi connectivity index (χ3n) is 6.37. The van der Waals surface area contributed by atoms with Gasteiger partial charge in [0.25, 0.3) is 0 Å². The maximum absolute atomic E-state index is 13.7. The van der Waals surface area contributed by atoms with Gasteiger partial charge in [-0.3, -0.25) is 29.0 Å². The summed E-state index contributed by atoms with van der Waals surface area (Å²) in [7, 11) is 0. The van der Waals surface area contributed by atoms with Gasteiger partial charge in [0.2, 0.25) is 29.4 Å². The minimum atomic E-state index is -1.12. The van der Waals surface area contributed by atoms with Gasteiger partial charge >= 0.3 is 0 Å². The number of Topliss-reactive ketones (excluding diaryl/α,β-unsaturated/α-hetero) is 1. The second kappa shape index (κ2) is 16.0. The van der Waals surface area contributed by atoms with Crippen LogP contribution in [0, 0.1) is 0 Å². The molecule has 0 spiro atoms. The van der Waals surface area contributed by atoms with Crippen molar-refractivity contribution in [1.29, 1.82) is 0 Å². The van der Waals surface area contributed by atoms with Gasteiger partial charge in [-0.05, 0) is 37.0 Å². The summed E-state index contributed by atoms with van der Waals surface area (Å²) in [5.74, 6) is -2.89. The standard InChI is InChI=1S/C29H36N8O5S/c1-17(38)34-21(13-14-24(30)39)26(41)36-22(16-18-8-3-2-4-9-18)27(42)35-20(11-7-15-33-29(31)32)25(40)28-37-19-10-5-6-12-23(19)43-28/h2-6,8-10,12,20-22H,7,11,13-16H2,1H3,(H2,30,39)(H,34,38)(H,35,42)(H,36,41)(H4,31,32,33)/t20-,21+,22+/m1/s1. The number of rotatable bonds is 16. The Hall–Kier alpha value is -4.85. The van der Waals surface area contributed by atoms with Crippen molar-refractivity contribution >= 4 is 56.9 Å². The predicted molar refractivity (Wildman–Crippen MR) is 164 cm³/mol. The van der Waals surface area contributed by atoms with Crippen LogP contribution in [0.2, 0.25) is 0 Å². The van der Waals surface area contributed by atoms with Crippen molar-refractivity contribution < 1.29 is 24.0 Å². The molecule has 14 heteroatoms. The Balaban J connectivity index is 1.86. The molecule has 0 aliphatic heterocycles. The van der Waals surface area contributed by atoms with Gasteiger partial charge in [0.15, 0.2) is 11.0 Å². The molecule has 0 unspecified atom stereocenters. The largest absolute Gasteiger partial charge is 0.370 e. The van der Waals surface area contributed by atoms with Crippen LogP contribution in [0.5, 0.6) is 0 Å². The molecule has 4 amide bonds. The van der Waals surface area contributed by atoms with E-state index in [9.17, 15) is 24.0 Å². The van der Waals surface area contributed by atoms with Crippen LogP contribution in [0.15, 0.2) is 59.6 Å². The van der Waals surface area contributed by atoms with Gasteiger partial charge in [0.05, 0.1) is 16.3 Å². The minimum Gasteiger partial charge on any atom is -0.370 e. The number of carbonyl (C=O) groups excluding carboxylic acids is 5. The Bertz CT molecular complexity index is 1440. The molecule has 3 aromatic rings. The topological polar surface area (TPSA) is 225 Å². The van der Waals surface area contributed by atoms with Gasteiger partial charge in [-0.2, -0.15) is 0 Å². The Morgan fingerprint density at radius 1 is 0.837 bits per heavy atom. The Labute approximate surface area is 252 Å². The molecular formula is C29H36N8O5S. The van der Waals surface area contributed by atoms with E-state index in [1.165, 1.54) is 18.3 Å². The molecule has 0 aliphatic rings. The number of primary amides is 1. The number of hydrogen-bond donors (Lipinski definition) is 6. The SMILES string of the molecule is CC(=O)N[C@@H](CCC(N)=O)C(=O)N[C@@H](Cc1ccccc1)C(=O)N[C@H](CCCN=C(N)N)C(=O)c1nc2ccccc2s1. The summed E-state index contributed by atoms with van der Waals surface area (Å²) in [4.78, 5) is 72.1. The average Bonchev–Trinajstić information content (AvgIpc) is 3.40. The number of guanidine groups is 1. The van der Waals surface area contributed by atoms with Crippen LogP contribution in [0.3, 0.4) is 0 Å². The van der Waals surface area contributed by atoms with Crippen molar-refractivity contribution in [2.75, 3.05) is 6.54 Å². The van der Waals surface area contributed by atoms with Crippen LogP contribution in [0.25, 0.3) is 10.2 Å². The highest BCUT2D eigenvalue weighted by molar-refractivity contribution is 7.20. The molecule has 1 heterocycles. The lowest BCUT2D eigenvalue weighted by Crippen LogP contribution is -2.56. The summed E-state index contributed by atoms with van der Waals surface area (Å²) in [6.45, 7) is 1.48. The number of benzene rings is 2. The van der Waals surface area contributed by atoms with E-state index >= 15 is 0 Å². The van der Waals surface area contributed by atoms with E-state index in [1.807, 2.05) is 24.3 Å². The first-order chi connectivity index (χ1) is 20.5. The van der Waals surface area contributed by atoms with Gasteiger partial charge in [0.1, 0.15) is 12.1 Å². The lowest BCUT2D eigenvalue weighted by molar-refractivity contribution is -0.132. The van der Waals surface area contributed by atoms with Crippen LogP contribution >= 0.6 is 11.3 Å². The zero-order chi connectivity index (χ0) is 31.4. The van der Waals surface area contributed by atoms with Crippen molar-refractivity contribution in [3.8, 4) is 0 Å². The molecule has 228 valence electrons. The summed E-state index contributed by atoms with van der Waals surface area (Å²) in [6.07, 6.45) is 0.479. The monoisotopic (exact) mass is 608 g/mol. The fourth-order valence-electron chi connectivity index (χ4n) is 4.30. The number of para-hydroxylation sites is 1. The second-order valence-corrected chi connectivity index (χ2v) is 10.9. The normalized spacial score (nSPS) is 12.9. The number of fused-ring (bicyclic) bond motifs is 1. The van der Waals surface area contributed by atoms with Crippen molar-refractivity contribution in [3.05, 3.63) is 65.2 Å². The average molecular weight is 609 g/mol. The maximum atomic E-state index is 13.7. The number of carbonyl (C=O) groups is 5. The number of nitrogens with one attached hydrogen (secondary N) is 3. The molecule has 13 nitrogen and oxygen atoms in total. The van der Waals surface area contributed by atoms with E-state index in [0.717, 1.165) is 10.3 Å². The van der Waals surface area contributed by atoms with Crippen LogP contribution in [-0.2, 0) is 25.6 Å². The molecule has 43 heavy (non-hydrogen) atoms. The molecule has 3 atom stereocenters. The highest BCUT2D eigenvalue weighted by Crippen LogP contribution is 2.23.